The van der Waals surface area contributed by atoms with Crippen LogP contribution in [0.15, 0.2) is 24.3 Å². The molecule has 2 heterocycles. The average Bonchev–Trinajstić information content (AvgIpc) is 3.24. The number of H-pyrrole nitrogens is 1. The topological polar surface area (TPSA) is 91.2 Å². The Labute approximate surface area is 164 Å². The summed E-state index contributed by atoms with van der Waals surface area (Å²) in [5.41, 5.74) is 8.66. The summed E-state index contributed by atoms with van der Waals surface area (Å²) in [6.07, 6.45) is 1.55. The van der Waals surface area contributed by atoms with Crippen LogP contribution in [0.5, 0.6) is 0 Å². The van der Waals surface area contributed by atoms with Gasteiger partial charge in [0, 0.05) is 25.3 Å². The zero-order valence-corrected chi connectivity index (χ0v) is 16.4. The van der Waals surface area contributed by atoms with Crippen molar-refractivity contribution in [1.82, 2.24) is 10.3 Å². The number of halogens is 1. The van der Waals surface area contributed by atoms with Crippen LogP contribution >= 0.6 is 11.6 Å². The highest BCUT2D eigenvalue weighted by Gasteiger charge is 2.26. The first kappa shape index (κ1) is 19.3. The van der Waals surface area contributed by atoms with Crippen LogP contribution in [0.2, 0.25) is 5.02 Å². The van der Waals surface area contributed by atoms with Gasteiger partial charge in [-0.3, -0.25) is 9.59 Å². The highest BCUT2D eigenvalue weighted by atomic mass is 35.5. The number of nitrogens with zero attached hydrogens (tertiary/aromatic N) is 1. The second-order valence-corrected chi connectivity index (χ2v) is 7.37. The summed E-state index contributed by atoms with van der Waals surface area (Å²) < 4.78 is 0. The number of aromatic amines is 1. The molecule has 27 heavy (non-hydrogen) atoms. The zero-order valence-electron chi connectivity index (χ0n) is 15.6. The van der Waals surface area contributed by atoms with E-state index in [0.717, 1.165) is 30.2 Å². The third kappa shape index (κ3) is 3.95. The fourth-order valence-corrected chi connectivity index (χ4v) is 4.06. The molecule has 0 bridgehead atoms. The Balaban J connectivity index is 1.63. The molecule has 2 amide bonds. The van der Waals surface area contributed by atoms with Crippen molar-refractivity contribution in [2.45, 2.75) is 26.7 Å². The number of nitrogens with two attached hydrogens (primary N) is 1. The van der Waals surface area contributed by atoms with Gasteiger partial charge in [0.2, 0.25) is 0 Å². The number of carbonyl (C=O) groups excluding carboxylic acids is 2. The Kier molecular flexibility index (Phi) is 5.75. The lowest BCUT2D eigenvalue weighted by atomic mass is 10.0. The lowest BCUT2D eigenvalue weighted by molar-refractivity contribution is 0.0942. The predicted molar refractivity (Wildman–Crippen MR) is 108 cm³/mol. The van der Waals surface area contributed by atoms with Crippen LogP contribution in [0.3, 0.4) is 0 Å². The van der Waals surface area contributed by atoms with Crippen LogP contribution in [0.4, 0.5) is 5.69 Å². The molecule has 0 radical (unpaired) electrons. The minimum atomic E-state index is -0.508. The van der Waals surface area contributed by atoms with Crippen molar-refractivity contribution in [3.05, 3.63) is 51.8 Å². The predicted octanol–water partition coefficient (Wildman–Crippen LogP) is 2.89. The molecule has 0 spiro atoms. The van der Waals surface area contributed by atoms with Crippen molar-refractivity contribution in [1.29, 1.82) is 0 Å². The molecule has 1 saturated heterocycles. The number of aromatic nitrogens is 1. The molecule has 1 unspecified atom stereocenters. The highest BCUT2D eigenvalue weighted by Crippen LogP contribution is 2.30. The van der Waals surface area contributed by atoms with Gasteiger partial charge in [0.1, 0.15) is 5.69 Å². The van der Waals surface area contributed by atoms with Gasteiger partial charge >= 0.3 is 0 Å². The van der Waals surface area contributed by atoms with E-state index in [0.29, 0.717) is 41.4 Å². The van der Waals surface area contributed by atoms with Gasteiger partial charge in [-0.05, 0) is 43.4 Å². The summed E-state index contributed by atoms with van der Waals surface area (Å²) in [4.78, 5) is 29.6. The maximum Gasteiger partial charge on any atom is 0.268 e. The molecule has 144 valence electrons. The molecular weight excluding hydrogens is 364 g/mol. The molecule has 1 aromatic heterocycles. The molecule has 1 aliphatic rings. The first-order chi connectivity index (χ1) is 12.9. The quantitative estimate of drug-likeness (QED) is 0.710. The van der Waals surface area contributed by atoms with Crippen molar-refractivity contribution in [3.8, 4) is 0 Å². The molecule has 0 aliphatic carbocycles. The van der Waals surface area contributed by atoms with E-state index in [1.807, 2.05) is 31.2 Å². The van der Waals surface area contributed by atoms with E-state index < -0.39 is 5.91 Å². The number of amides is 2. The van der Waals surface area contributed by atoms with Crippen LogP contribution < -0.4 is 16.0 Å². The van der Waals surface area contributed by atoms with Gasteiger partial charge < -0.3 is 20.9 Å². The second kappa shape index (κ2) is 8.05. The second-order valence-electron chi connectivity index (χ2n) is 6.96. The molecule has 4 N–H and O–H groups in total. The van der Waals surface area contributed by atoms with Gasteiger partial charge in [0.25, 0.3) is 11.8 Å². The number of aryl methyl sites for hydroxylation is 1. The maximum absolute atomic E-state index is 12.6. The minimum absolute atomic E-state index is 0.196. The largest absolute Gasteiger partial charge is 0.370 e. The van der Waals surface area contributed by atoms with E-state index in [-0.39, 0.29) is 5.91 Å². The van der Waals surface area contributed by atoms with E-state index in [1.54, 1.807) is 6.92 Å². The lowest BCUT2D eigenvalue weighted by Gasteiger charge is -2.20. The van der Waals surface area contributed by atoms with Gasteiger partial charge in [-0.15, -0.1) is 0 Å². The summed E-state index contributed by atoms with van der Waals surface area (Å²) in [7, 11) is 0. The molecular formula is C20H25ClN4O2. The first-order valence-corrected chi connectivity index (χ1v) is 9.59. The van der Waals surface area contributed by atoms with Crippen molar-refractivity contribution in [2.24, 2.45) is 11.7 Å². The molecule has 7 heteroatoms. The maximum atomic E-state index is 12.6. The number of carbonyl (C=O) groups is 2. The summed E-state index contributed by atoms with van der Waals surface area (Å²) in [6.45, 7) is 6.00. The van der Waals surface area contributed by atoms with E-state index in [4.69, 9.17) is 17.3 Å². The van der Waals surface area contributed by atoms with Crippen LogP contribution in [-0.4, -0.2) is 36.4 Å². The van der Waals surface area contributed by atoms with Crippen molar-refractivity contribution < 1.29 is 9.59 Å². The van der Waals surface area contributed by atoms with E-state index in [2.05, 4.69) is 15.2 Å². The summed E-state index contributed by atoms with van der Waals surface area (Å²) in [5.74, 6) is -0.355. The van der Waals surface area contributed by atoms with Gasteiger partial charge in [-0.25, -0.2) is 0 Å². The number of nitrogens with one attached hydrogen (secondary N) is 2. The molecule has 1 fully saturated rings. The summed E-state index contributed by atoms with van der Waals surface area (Å²) >= 11 is 6.28. The number of rotatable bonds is 6. The smallest absolute Gasteiger partial charge is 0.268 e. The number of primary amides is 1. The van der Waals surface area contributed by atoms with Gasteiger partial charge in [0.15, 0.2) is 0 Å². The first-order valence-electron chi connectivity index (χ1n) is 9.21. The molecule has 1 atom stereocenters. The Morgan fingerprint density at radius 1 is 1.37 bits per heavy atom. The molecule has 3 rings (SSSR count). The SMILES string of the molecule is CCc1c(C(=O)NCC2CCN(c3ccccc3Cl)C2)[nH]c(C)c1C(N)=O. The molecule has 1 aliphatic heterocycles. The van der Waals surface area contributed by atoms with Crippen molar-refractivity contribution in [2.75, 3.05) is 24.5 Å². The molecule has 0 saturated carbocycles. The third-order valence-electron chi connectivity index (χ3n) is 5.15. The fraction of sp³-hybridized carbons (Fsp3) is 0.400. The number of para-hydroxylation sites is 1. The standard InChI is InChI=1S/C20H25ClN4O2/c1-3-14-17(19(22)26)12(2)24-18(14)20(27)23-10-13-8-9-25(11-13)16-7-5-4-6-15(16)21/h4-7,13,24H,3,8-11H2,1-2H3,(H2,22,26)(H,23,27). The van der Waals surface area contributed by atoms with Gasteiger partial charge in [-0.1, -0.05) is 30.7 Å². The number of hydrogen-bond donors (Lipinski definition) is 3. The minimum Gasteiger partial charge on any atom is -0.370 e. The Morgan fingerprint density at radius 2 is 2.11 bits per heavy atom. The number of benzene rings is 1. The normalized spacial score (nSPS) is 16.6. The third-order valence-corrected chi connectivity index (χ3v) is 5.47. The monoisotopic (exact) mass is 388 g/mol. The summed E-state index contributed by atoms with van der Waals surface area (Å²) in [5, 5.41) is 3.75. The van der Waals surface area contributed by atoms with Gasteiger partial charge in [0.05, 0.1) is 16.3 Å². The van der Waals surface area contributed by atoms with Crippen LogP contribution in [-0.2, 0) is 6.42 Å². The highest BCUT2D eigenvalue weighted by molar-refractivity contribution is 6.33. The lowest BCUT2D eigenvalue weighted by Crippen LogP contribution is -2.31. The van der Waals surface area contributed by atoms with E-state index >= 15 is 0 Å². The summed E-state index contributed by atoms with van der Waals surface area (Å²) in [6, 6.07) is 7.81. The molecule has 2 aromatic rings. The number of anilines is 1. The average molecular weight is 389 g/mol. The zero-order chi connectivity index (χ0) is 19.6. The number of hydrogen-bond acceptors (Lipinski definition) is 3. The Hall–Kier alpha value is -2.47. The van der Waals surface area contributed by atoms with Crippen LogP contribution in [0.25, 0.3) is 0 Å². The Morgan fingerprint density at radius 3 is 2.78 bits per heavy atom. The molecule has 6 nitrogen and oxygen atoms in total. The van der Waals surface area contributed by atoms with Crippen molar-refractivity contribution >= 4 is 29.1 Å². The van der Waals surface area contributed by atoms with Crippen LogP contribution in [0.1, 0.15) is 45.4 Å². The Bertz CT molecular complexity index is 862. The van der Waals surface area contributed by atoms with E-state index in [1.165, 1.54) is 0 Å². The van der Waals surface area contributed by atoms with Crippen molar-refractivity contribution in [3.63, 3.8) is 0 Å². The van der Waals surface area contributed by atoms with Crippen LogP contribution in [0, 0.1) is 12.8 Å². The fourth-order valence-electron chi connectivity index (χ4n) is 3.81. The van der Waals surface area contributed by atoms with Gasteiger partial charge in [-0.2, -0.15) is 0 Å². The molecule has 1 aromatic carbocycles. The van der Waals surface area contributed by atoms with E-state index in [9.17, 15) is 9.59 Å².